The van der Waals surface area contributed by atoms with Crippen LogP contribution in [0.2, 0.25) is 0 Å². The minimum absolute atomic E-state index is 0.628. The maximum absolute atomic E-state index is 5.52. The number of nitrogens with zero attached hydrogens (tertiary/aromatic N) is 1. The molecule has 0 aliphatic carbocycles. The van der Waals surface area contributed by atoms with Gasteiger partial charge in [-0.3, -0.25) is 0 Å². The van der Waals surface area contributed by atoms with Crippen LogP contribution in [-0.4, -0.2) is 18.6 Å². The van der Waals surface area contributed by atoms with Gasteiger partial charge < -0.3 is 10.5 Å². The average Bonchev–Trinajstić information content (AvgIpc) is 2.78. The van der Waals surface area contributed by atoms with Crippen molar-refractivity contribution in [2.45, 2.75) is 6.42 Å². The van der Waals surface area contributed by atoms with E-state index in [1.54, 1.807) is 18.4 Å². The molecule has 3 nitrogen and oxygen atoms in total. The number of nitrogens with two attached hydrogens (primary N) is 1. The van der Waals surface area contributed by atoms with Crippen molar-refractivity contribution < 1.29 is 4.74 Å². The van der Waals surface area contributed by atoms with Crippen molar-refractivity contribution >= 4 is 27.3 Å². The monoisotopic (exact) mass is 312 g/mol. The summed E-state index contributed by atoms with van der Waals surface area (Å²) in [5.74, 6) is 0.831. The standard InChI is InChI=1S/C12H13BrN2OS/c1-16-11-3-2-8(13)6-9(11)10-7-17-12(15-10)4-5-14/h2-3,6-7H,4-5,14H2,1H3. The fourth-order valence-corrected chi connectivity index (χ4v) is 2.73. The molecule has 0 bridgehead atoms. The summed E-state index contributed by atoms with van der Waals surface area (Å²) in [6.07, 6.45) is 0.820. The molecule has 0 unspecified atom stereocenters. The van der Waals surface area contributed by atoms with Crippen molar-refractivity contribution in [3.63, 3.8) is 0 Å². The van der Waals surface area contributed by atoms with Gasteiger partial charge in [-0.25, -0.2) is 4.98 Å². The van der Waals surface area contributed by atoms with Crippen LogP contribution in [0.1, 0.15) is 5.01 Å². The number of hydrogen-bond donors (Lipinski definition) is 1. The quantitative estimate of drug-likeness (QED) is 0.943. The van der Waals surface area contributed by atoms with E-state index in [1.165, 1.54) is 0 Å². The van der Waals surface area contributed by atoms with Gasteiger partial charge in [-0.15, -0.1) is 11.3 Å². The largest absolute Gasteiger partial charge is 0.496 e. The first-order chi connectivity index (χ1) is 8.24. The van der Waals surface area contributed by atoms with Gasteiger partial charge in [0.15, 0.2) is 0 Å². The van der Waals surface area contributed by atoms with Gasteiger partial charge in [0.05, 0.1) is 17.8 Å². The van der Waals surface area contributed by atoms with Crippen molar-refractivity contribution in [2.75, 3.05) is 13.7 Å². The maximum atomic E-state index is 5.52. The molecule has 1 heterocycles. The Kier molecular flexibility index (Phi) is 4.15. The lowest BCUT2D eigenvalue weighted by atomic mass is 10.1. The van der Waals surface area contributed by atoms with E-state index in [2.05, 4.69) is 20.9 Å². The summed E-state index contributed by atoms with van der Waals surface area (Å²) in [5, 5.41) is 3.10. The number of methoxy groups -OCH3 is 1. The SMILES string of the molecule is COc1ccc(Br)cc1-c1csc(CCN)n1. The van der Waals surface area contributed by atoms with Gasteiger partial charge in [0.1, 0.15) is 5.75 Å². The number of halogens is 1. The highest BCUT2D eigenvalue weighted by atomic mass is 79.9. The van der Waals surface area contributed by atoms with Crippen LogP contribution in [0.4, 0.5) is 0 Å². The van der Waals surface area contributed by atoms with Gasteiger partial charge in [0, 0.05) is 21.8 Å². The summed E-state index contributed by atoms with van der Waals surface area (Å²) in [7, 11) is 1.67. The lowest BCUT2D eigenvalue weighted by molar-refractivity contribution is 0.416. The molecule has 0 saturated heterocycles. The van der Waals surface area contributed by atoms with E-state index in [0.29, 0.717) is 6.54 Å². The normalized spacial score (nSPS) is 10.5. The van der Waals surface area contributed by atoms with Crippen LogP contribution < -0.4 is 10.5 Å². The Bertz CT molecular complexity index is 513. The lowest BCUT2D eigenvalue weighted by Crippen LogP contribution is -2.02. The van der Waals surface area contributed by atoms with Crippen LogP contribution in [0.5, 0.6) is 5.75 Å². The molecular formula is C12H13BrN2OS. The number of hydrogen-bond acceptors (Lipinski definition) is 4. The number of thiazole rings is 1. The summed E-state index contributed by atoms with van der Waals surface area (Å²) in [4.78, 5) is 4.56. The summed E-state index contributed by atoms with van der Waals surface area (Å²) >= 11 is 5.09. The second kappa shape index (κ2) is 5.62. The molecule has 0 aliphatic rings. The number of rotatable bonds is 4. The van der Waals surface area contributed by atoms with E-state index in [0.717, 1.165) is 32.9 Å². The number of benzene rings is 1. The Hall–Kier alpha value is -0.910. The predicted octanol–water partition coefficient (Wildman–Crippen LogP) is 3.08. The zero-order valence-electron chi connectivity index (χ0n) is 9.44. The Morgan fingerprint density at radius 1 is 1.47 bits per heavy atom. The Labute approximate surface area is 113 Å². The number of ether oxygens (including phenoxy) is 1. The maximum Gasteiger partial charge on any atom is 0.128 e. The molecule has 2 N–H and O–H groups in total. The topological polar surface area (TPSA) is 48.1 Å². The van der Waals surface area contributed by atoms with Crippen LogP contribution in [-0.2, 0) is 6.42 Å². The second-order valence-corrected chi connectivity index (χ2v) is 5.37. The van der Waals surface area contributed by atoms with E-state index >= 15 is 0 Å². The van der Waals surface area contributed by atoms with Gasteiger partial charge in [-0.2, -0.15) is 0 Å². The summed E-state index contributed by atoms with van der Waals surface area (Å²) in [6.45, 7) is 0.628. The van der Waals surface area contributed by atoms with Gasteiger partial charge in [0.25, 0.3) is 0 Å². The van der Waals surface area contributed by atoms with Crippen LogP contribution in [0, 0.1) is 0 Å². The second-order valence-electron chi connectivity index (χ2n) is 3.51. The molecule has 0 atom stereocenters. The summed E-state index contributed by atoms with van der Waals surface area (Å²) in [6, 6.07) is 5.90. The summed E-state index contributed by atoms with van der Waals surface area (Å²) in [5.41, 5.74) is 7.47. The zero-order valence-corrected chi connectivity index (χ0v) is 11.8. The van der Waals surface area contributed by atoms with E-state index < -0.39 is 0 Å². The fraction of sp³-hybridized carbons (Fsp3) is 0.250. The first-order valence-corrected chi connectivity index (χ1v) is 6.90. The molecule has 2 rings (SSSR count). The predicted molar refractivity (Wildman–Crippen MR) is 74.6 cm³/mol. The Morgan fingerprint density at radius 2 is 2.29 bits per heavy atom. The Balaban J connectivity index is 2.40. The molecule has 1 aromatic heterocycles. The average molecular weight is 313 g/mol. The van der Waals surface area contributed by atoms with E-state index in [4.69, 9.17) is 10.5 Å². The van der Waals surface area contributed by atoms with Crippen LogP contribution in [0.25, 0.3) is 11.3 Å². The van der Waals surface area contributed by atoms with Crippen molar-refractivity contribution in [2.24, 2.45) is 5.73 Å². The molecule has 0 amide bonds. The third kappa shape index (κ3) is 2.86. The molecule has 17 heavy (non-hydrogen) atoms. The highest BCUT2D eigenvalue weighted by Gasteiger charge is 2.10. The first kappa shape index (κ1) is 12.5. The zero-order chi connectivity index (χ0) is 12.3. The van der Waals surface area contributed by atoms with Crippen LogP contribution >= 0.6 is 27.3 Å². The molecule has 0 saturated carbocycles. The molecular weight excluding hydrogens is 300 g/mol. The Morgan fingerprint density at radius 3 is 3.00 bits per heavy atom. The molecule has 0 fully saturated rings. The van der Waals surface area contributed by atoms with E-state index in [1.807, 2.05) is 23.6 Å². The van der Waals surface area contributed by atoms with Crippen molar-refractivity contribution in [1.29, 1.82) is 0 Å². The van der Waals surface area contributed by atoms with Gasteiger partial charge in [-0.05, 0) is 24.7 Å². The minimum atomic E-state index is 0.628. The van der Waals surface area contributed by atoms with E-state index in [9.17, 15) is 0 Å². The highest BCUT2D eigenvalue weighted by Crippen LogP contribution is 2.33. The highest BCUT2D eigenvalue weighted by molar-refractivity contribution is 9.10. The fourth-order valence-electron chi connectivity index (χ4n) is 1.55. The van der Waals surface area contributed by atoms with Crippen molar-refractivity contribution in [1.82, 2.24) is 4.98 Å². The van der Waals surface area contributed by atoms with Crippen LogP contribution in [0.15, 0.2) is 28.1 Å². The molecule has 0 spiro atoms. The van der Waals surface area contributed by atoms with Gasteiger partial charge in [-0.1, -0.05) is 15.9 Å². The first-order valence-electron chi connectivity index (χ1n) is 5.23. The molecule has 0 aliphatic heterocycles. The number of aromatic nitrogens is 1. The lowest BCUT2D eigenvalue weighted by Gasteiger charge is -2.06. The molecule has 90 valence electrons. The minimum Gasteiger partial charge on any atom is -0.496 e. The van der Waals surface area contributed by atoms with Gasteiger partial charge >= 0.3 is 0 Å². The van der Waals surface area contributed by atoms with Crippen LogP contribution in [0.3, 0.4) is 0 Å². The third-order valence-electron chi connectivity index (χ3n) is 2.35. The molecule has 5 heteroatoms. The molecule has 2 aromatic rings. The van der Waals surface area contributed by atoms with Crippen molar-refractivity contribution in [3.8, 4) is 17.0 Å². The van der Waals surface area contributed by atoms with Crippen molar-refractivity contribution in [3.05, 3.63) is 33.1 Å². The molecule has 1 aromatic carbocycles. The van der Waals surface area contributed by atoms with Gasteiger partial charge in [0.2, 0.25) is 0 Å². The van der Waals surface area contributed by atoms with E-state index in [-0.39, 0.29) is 0 Å². The smallest absolute Gasteiger partial charge is 0.128 e. The molecule has 0 radical (unpaired) electrons. The summed E-state index contributed by atoms with van der Waals surface area (Å²) < 4.78 is 6.36. The third-order valence-corrected chi connectivity index (χ3v) is 3.75.